The summed E-state index contributed by atoms with van der Waals surface area (Å²) in [5.41, 5.74) is 19.4. The normalized spacial score (nSPS) is 13.1. The summed E-state index contributed by atoms with van der Waals surface area (Å²) in [5, 5.41) is 0. The molecular weight excluding hydrogens is 779 g/mol. The van der Waals surface area contributed by atoms with Crippen molar-refractivity contribution >= 4 is 17.1 Å². The monoisotopic (exact) mass is 817 g/mol. The molecule has 0 unspecified atom stereocenters. The maximum absolute atomic E-state index is 7.15. The topological polar surface area (TPSA) is 21.7 Å². The fourth-order valence-electron chi connectivity index (χ4n) is 10.5. The van der Waals surface area contributed by atoms with Crippen molar-refractivity contribution in [2.45, 2.75) is 5.41 Å². The SMILES string of the molecule is c1ccc(-c2ccc(-c3ccc(N(c4cccc(-c5ccccc5)c4)c4cccc5c4Oc4cc6c(cc4O5)C4(c5ccccc5-c5ccccc54)c4ccccc4-6)cc3)cc2)cc1. The average molecular weight is 818 g/mol. The molecule has 64 heavy (non-hydrogen) atoms. The van der Waals surface area contributed by atoms with E-state index in [1.807, 2.05) is 6.07 Å². The Kier molecular flexibility index (Phi) is 8.13. The van der Waals surface area contributed by atoms with Crippen molar-refractivity contribution in [2.24, 2.45) is 0 Å². The summed E-state index contributed by atoms with van der Waals surface area (Å²) in [6.45, 7) is 0. The Morgan fingerprint density at radius 3 is 1.36 bits per heavy atom. The molecule has 1 heterocycles. The summed E-state index contributed by atoms with van der Waals surface area (Å²) in [6, 6.07) is 84.7. The lowest BCUT2D eigenvalue weighted by Gasteiger charge is -2.32. The van der Waals surface area contributed by atoms with E-state index >= 15 is 0 Å². The second kappa shape index (κ2) is 14.3. The third-order valence-corrected chi connectivity index (χ3v) is 13.4. The van der Waals surface area contributed by atoms with Crippen molar-refractivity contribution in [1.82, 2.24) is 0 Å². The Hall–Kier alpha value is -8.40. The highest BCUT2D eigenvalue weighted by Crippen LogP contribution is 2.65. The molecule has 0 N–H and O–H groups in total. The zero-order chi connectivity index (χ0) is 42.2. The van der Waals surface area contributed by atoms with Crippen LogP contribution < -0.4 is 14.4 Å². The molecule has 10 aromatic carbocycles. The molecule has 0 atom stereocenters. The molecule has 3 heteroatoms. The van der Waals surface area contributed by atoms with E-state index in [1.165, 1.54) is 50.1 Å². The van der Waals surface area contributed by atoms with E-state index in [0.717, 1.165) is 44.9 Å². The number of anilines is 3. The molecule has 13 rings (SSSR count). The molecule has 3 aliphatic rings. The van der Waals surface area contributed by atoms with E-state index in [9.17, 15) is 0 Å². The molecular formula is C61H39NO2. The maximum Gasteiger partial charge on any atom is 0.194 e. The predicted octanol–water partition coefficient (Wildman–Crippen LogP) is 16.4. The van der Waals surface area contributed by atoms with E-state index in [0.29, 0.717) is 23.0 Å². The smallest absolute Gasteiger partial charge is 0.194 e. The molecule has 10 aromatic rings. The third kappa shape index (κ3) is 5.47. The van der Waals surface area contributed by atoms with Crippen LogP contribution in [0.15, 0.2) is 237 Å². The molecule has 0 amide bonds. The van der Waals surface area contributed by atoms with Gasteiger partial charge in [-0.2, -0.15) is 0 Å². The number of rotatable bonds is 6. The van der Waals surface area contributed by atoms with Gasteiger partial charge >= 0.3 is 0 Å². The second-order valence-corrected chi connectivity index (χ2v) is 16.8. The molecule has 0 bridgehead atoms. The van der Waals surface area contributed by atoms with E-state index in [4.69, 9.17) is 9.47 Å². The first-order valence-corrected chi connectivity index (χ1v) is 21.9. The molecule has 2 aliphatic carbocycles. The van der Waals surface area contributed by atoms with Crippen molar-refractivity contribution in [3.8, 4) is 78.6 Å². The van der Waals surface area contributed by atoms with Gasteiger partial charge in [0, 0.05) is 11.4 Å². The van der Waals surface area contributed by atoms with Crippen LogP contribution in [0.25, 0.3) is 55.6 Å². The minimum absolute atomic E-state index is 0.476. The summed E-state index contributed by atoms with van der Waals surface area (Å²) in [7, 11) is 0. The number of para-hydroxylation sites is 1. The number of benzene rings is 10. The Morgan fingerprint density at radius 1 is 0.281 bits per heavy atom. The van der Waals surface area contributed by atoms with Crippen LogP contribution >= 0.6 is 0 Å². The molecule has 3 nitrogen and oxygen atoms in total. The van der Waals surface area contributed by atoms with Gasteiger partial charge in [0.05, 0.1) is 11.1 Å². The van der Waals surface area contributed by atoms with Crippen molar-refractivity contribution in [2.75, 3.05) is 4.90 Å². The zero-order valence-corrected chi connectivity index (χ0v) is 34.8. The molecule has 0 saturated heterocycles. The lowest BCUT2D eigenvalue weighted by Crippen LogP contribution is -2.25. The summed E-state index contributed by atoms with van der Waals surface area (Å²) >= 11 is 0. The van der Waals surface area contributed by atoms with Gasteiger partial charge in [-0.05, 0) is 126 Å². The number of nitrogens with zero attached hydrogens (tertiary/aromatic N) is 1. The first-order chi connectivity index (χ1) is 31.7. The fraction of sp³-hybridized carbons (Fsp3) is 0.0164. The minimum atomic E-state index is -0.476. The highest BCUT2D eigenvalue weighted by Gasteiger charge is 2.52. The highest BCUT2D eigenvalue weighted by molar-refractivity contribution is 5.96. The van der Waals surface area contributed by atoms with Gasteiger partial charge in [0.1, 0.15) is 0 Å². The van der Waals surface area contributed by atoms with E-state index in [-0.39, 0.29) is 0 Å². The van der Waals surface area contributed by atoms with Crippen LogP contribution in [-0.4, -0.2) is 0 Å². The van der Waals surface area contributed by atoms with Gasteiger partial charge in [0.2, 0.25) is 0 Å². The number of hydrogen-bond donors (Lipinski definition) is 0. The lowest BCUT2D eigenvalue weighted by atomic mass is 9.70. The van der Waals surface area contributed by atoms with Gasteiger partial charge in [0.15, 0.2) is 23.0 Å². The maximum atomic E-state index is 7.15. The number of ether oxygens (including phenoxy) is 2. The van der Waals surface area contributed by atoms with Crippen LogP contribution in [0.5, 0.6) is 23.0 Å². The molecule has 0 saturated carbocycles. The highest BCUT2D eigenvalue weighted by atomic mass is 16.6. The van der Waals surface area contributed by atoms with Crippen molar-refractivity contribution in [3.63, 3.8) is 0 Å². The lowest BCUT2D eigenvalue weighted by molar-refractivity contribution is 0.360. The zero-order valence-electron chi connectivity index (χ0n) is 34.8. The van der Waals surface area contributed by atoms with Gasteiger partial charge in [-0.25, -0.2) is 0 Å². The minimum Gasteiger partial charge on any atom is -0.449 e. The first-order valence-electron chi connectivity index (χ1n) is 21.9. The first kappa shape index (κ1) is 36.3. The Balaban J connectivity index is 0.931. The van der Waals surface area contributed by atoms with E-state index in [1.54, 1.807) is 0 Å². The molecule has 0 fully saturated rings. The predicted molar refractivity (Wildman–Crippen MR) is 260 cm³/mol. The van der Waals surface area contributed by atoms with Crippen LogP contribution in [-0.2, 0) is 5.41 Å². The molecule has 0 aromatic heterocycles. The van der Waals surface area contributed by atoms with Crippen LogP contribution in [0.4, 0.5) is 17.1 Å². The average Bonchev–Trinajstić information content (AvgIpc) is 3.83. The van der Waals surface area contributed by atoms with Crippen molar-refractivity contribution in [1.29, 1.82) is 0 Å². The second-order valence-electron chi connectivity index (χ2n) is 16.8. The summed E-state index contributed by atoms with van der Waals surface area (Å²) in [6.07, 6.45) is 0. The van der Waals surface area contributed by atoms with Crippen LogP contribution in [0.3, 0.4) is 0 Å². The number of hydrogen-bond acceptors (Lipinski definition) is 3. The van der Waals surface area contributed by atoms with Crippen molar-refractivity contribution < 1.29 is 9.47 Å². The van der Waals surface area contributed by atoms with Crippen LogP contribution in [0, 0.1) is 0 Å². The van der Waals surface area contributed by atoms with Gasteiger partial charge in [0.25, 0.3) is 0 Å². The van der Waals surface area contributed by atoms with Crippen LogP contribution in [0.2, 0.25) is 0 Å². The molecule has 300 valence electrons. The Labute approximate surface area is 372 Å². The standard InChI is InChI=1S/C61H39NO2/c1-3-15-40(16-4-1)42-29-31-43(32-30-42)44-33-35-46(36-34-44)62(47-20-13-19-45(37-47)41-17-5-2-6-18-41)56-27-14-28-57-60(56)64-58-38-51-50-23-9-12-26-54(50)61(55(51)39-59(58)63-57)52-24-10-7-21-48(52)49-22-8-11-25-53(49)61/h1-39H. The van der Waals surface area contributed by atoms with Gasteiger partial charge in [-0.3, -0.25) is 0 Å². The summed E-state index contributed by atoms with van der Waals surface area (Å²) in [5.74, 6) is 2.73. The third-order valence-electron chi connectivity index (χ3n) is 13.4. The van der Waals surface area contributed by atoms with E-state index < -0.39 is 5.41 Å². The van der Waals surface area contributed by atoms with Crippen LogP contribution in [0.1, 0.15) is 22.3 Å². The Bertz CT molecular complexity index is 3380. The van der Waals surface area contributed by atoms with Crippen molar-refractivity contribution in [3.05, 3.63) is 259 Å². The quantitative estimate of drug-likeness (QED) is 0.167. The number of fused-ring (bicyclic) bond motifs is 12. The summed E-state index contributed by atoms with van der Waals surface area (Å²) < 4.78 is 14.2. The van der Waals surface area contributed by atoms with E-state index in [2.05, 4.69) is 235 Å². The molecule has 1 spiro atoms. The largest absolute Gasteiger partial charge is 0.449 e. The van der Waals surface area contributed by atoms with Gasteiger partial charge < -0.3 is 14.4 Å². The molecule has 1 aliphatic heterocycles. The Morgan fingerprint density at radius 2 is 0.750 bits per heavy atom. The molecule has 0 radical (unpaired) electrons. The summed E-state index contributed by atoms with van der Waals surface area (Å²) in [4.78, 5) is 2.28. The van der Waals surface area contributed by atoms with Gasteiger partial charge in [-0.1, -0.05) is 188 Å². The van der Waals surface area contributed by atoms with Gasteiger partial charge in [-0.15, -0.1) is 0 Å². The fourth-order valence-corrected chi connectivity index (χ4v) is 10.5.